The van der Waals surface area contributed by atoms with Gasteiger partial charge in [0.1, 0.15) is 5.92 Å². The minimum Gasteiger partial charge on any atom is -0.468 e. The number of carbonyl (C=O) groups excluding carboxylic acids is 2. The van der Waals surface area contributed by atoms with Crippen LogP contribution >= 0.6 is 0 Å². The highest BCUT2D eigenvalue weighted by Crippen LogP contribution is 2.14. The molecule has 1 unspecified atom stereocenters. The van der Waals surface area contributed by atoms with Crippen molar-refractivity contribution in [1.29, 1.82) is 0 Å². The summed E-state index contributed by atoms with van der Waals surface area (Å²) in [5.41, 5.74) is 0. The van der Waals surface area contributed by atoms with Crippen LogP contribution in [0.2, 0.25) is 0 Å². The molecule has 1 aliphatic heterocycles. The molecule has 0 radical (unpaired) electrons. The van der Waals surface area contributed by atoms with Crippen LogP contribution in [-0.4, -0.2) is 43.4 Å². The van der Waals surface area contributed by atoms with Crippen LogP contribution in [0.15, 0.2) is 0 Å². The predicted molar refractivity (Wildman–Crippen MR) is 51.9 cm³/mol. The lowest BCUT2D eigenvalue weighted by Gasteiger charge is -2.12. The Balaban J connectivity index is 2.43. The van der Waals surface area contributed by atoms with Gasteiger partial charge >= 0.3 is 5.97 Å². The van der Waals surface area contributed by atoms with E-state index in [1.165, 1.54) is 7.11 Å². The summed E-state index contributed by atoms with van der Waals surface area (Å²) in [7, 11) is 1.32. The van der Waals surface area contributed by atoms with Gasteiger partial charge in [-0.2, -0.15) is 0 Å². The molecule has 1 atom stereocenters. The summed E-state index contributed by atoms with van der Waals surface area (Å²) < 4.78 is 4.57. The summed E-state index contributed by atoms with van der Waals surface area (Å²) in [5, 5.41) is 0. The van der Waals surface area contributed by atoms with E-state index in [1.54, 1.807) is 0 Å². The standard InChI is InChI=1S/C10H17NO3/c1-3-4-5-11-6-8(9(12)7-11)10(13)14-2/h8H,3-7H2,1-2H3. The van der Waals surface area contributed by atoms with E-state index in [1.807, 2.05) is 4.90 Å². The van der Waals surface area contributed by atoms with E-state index in [-0.39, 0.29) is 5.78 Å². The van der Waals surface area contributed by atoms with E-state index >= 15 is 0 Å². The number of carbonyl (C=O) groups is 2. The first-order valence-electron chi connectivity index (χ1n) is 5.02. The third kappa shape index (κ3) is 2.54. The smallest absolute Gasteiger partial charge is 0.317 e. The van der Waals surface area contributed by atoms with Crippen LogP contribution in [0.25, 0.3) is 0 Å². The minimum atomic E-state index is -0.545. The number of hydrogen-bond donors (Lipinski definition) is 0. The minimum absolute atomic E-state index is 0.00652. The van der Waals surface area contributed by atoms with E-state index in [0.717, 1.165) is 19.4 Å². The zero-order chi connectivity index (χ0) is 10.6. The van der Waals surface area contributed by atoms with Crippen molar-refractivity contribution in [2.45, 2.75) is 19.8 Å². The fraction of sp³-hybridized carbons (Fsp3) is 0.800. The van der Waals surface area contributed by atoms with Crippen molar-refractivity contribution in [3.63, 3.8) is 0 Å². The Morgan fingerprint density at radius 3 is 2.93 bits per heavy atom. The summed E-state index contributed by atoms with van der Waals surface area (Å²) in [6, 6.07) is 0. The second-order valence-corrected chi connectivity index (χ2v) is 3.63. The zero-order valence-electron chi connectivity index (χ0n) is 8.78. The second-order valence-electron chi connectivity index (χ2n) is 3.63. The molecule has 80 valence electrons. The molecule has 1 aliphatic rings. The molecule has 4 nitrogen and oxygen atoms in total. The van der Waals surface area contributed by atoms with Gasteiger partial charge in [0.05, 0.1) is 13.7 Å². The Labute approximate surface area is 84.2 Å². The molecule has 1 fully saturated rings. The number of likely N-dealkylation sites (tertiary alicyclic amines) is 1. The molecule has 0 aromatic rings. The van der Waals surface area contributed by atoms with Crippen LogP contribution in [0.4, 0.5) is 0 Å². The van der Waals surface area contributed by atoms with Gasteiger partial charge in [0, 0.05) is 6.54 Å². The quantitative estimate of drug-likeness (QED) is 0.487. The Morgan fingerprint density at radius 2 is 2.36 bits per heavy atom. The average molecular weight is 199 g/mol. The number of ether oxygens (including phenoxy) is 1. The molecule has 0 saturated carbocycles. The van der Waals surface area contributed by atoms with Crippen LogP contribution in [0.3, 0.4) is 0 Å². The Morgan fingerprint density at radius 1 is 1.64 bits per heavy atom. The Kier molecular flexibility index (Phi) is 4.07. The highest BCUT2D eigenvalue weighted by atomic mass is 16.5. The molecular weight excluding hydrogens is 182 g/mol. The largest absolute Gasteiger partial charge is 0.468 e. The summed E-state index contributed by atoms with van der Waals surface area (Å²) in [4.78, 5) is 24.6. The number of esters is 1. The molecule has 0 aromatic carbocycles. The Bertz CT molecular complexity index is 227. The maximum Gasteiger partial charge on any atom is 0.317 e. The van der Waals surface area contributed by atoms with Gasteiger partial charge in [-0.05, 0) is 13.0 Å². The number of methoxy groups -OCH3 is 1. The summed E-state index contributed by atoms with van der Waals surface area (Å²) in [6.45, 7) is 3.94. The molecule has 0 spiro atoms. The first-order valence-corrected chi connectivity index (χ1v) is 5.02. The van der Waals surface area contributed by atoms with Gasteiger partial charge in [-0.1, -0.05) is 13.3 Å². The van der Waals surface area contributed by atoms with Crippen molar-refractivity contribution < 1.29 is 14.3 Å². The molecule has 0 aliphatic carbocycles. The molecule has 0 aromatic heterocycles. The first kappa shape index (κ1) is 11.2. The summed E-state index contributed by atoms with van der Waals surface area (Å²) in [5.74, 6) is -0.946. The van der Waals surface area contributed by atoms with E-state index in [9.17, 15) is 9.59 Å². The summed E-state index contributed by atoms with van der Waals surface area (Å²) >= 11 is 0. The maximum absolute atomic E-state index is 11.4. The van der Waals surface area contributed by atoms with Gasteiger partial charge in [0.2, 0.25) is 0 Å². The maximum atomic E-state index is 11.4. The molecule has 14 heavy (non-hydrogen) atoms. The molecule has 4 heteroatoms. The monoisotopic (exact) mass is 199 g/mol. The van der Waals surface area contributed by atoms with Crippen LogP contribution in [0.1, 0.15) is 19.8 Å². The highest BCUT2D eigenvalue weighted by molar-refractivity contribution is 6.01. The predicted octanol–water partition coefficient (Wildman–Crippen LogP) is 0.460. The van der Waals surface area contributed by atoms with E-state index in [2.05, 4.69) is 11.7 Å². The number of hydrogen-bond acceptors (Lipinski definition) is 4. The number of Topliss-reactive ketones (excluding diaryl/α,β-unsaturated/α-hetero) is 1. The molecular formula is C10H17NO3. The van der Waals surface area contributed by atoms with Gasteiger partial charge in [0.15, 0.2) is 5.78 Å². The molecule has 1 rings (SSSR count). The third-order valence-corrected chi connectivity index (χ3v) is 2.52. The molecule has 1 heterocycles. The molecule has 0 amide bonds. The van der Waals surface area contributed by atoms with Gasteiger partial charge in [0.25, 0.3) is 0 Å². The second kappa shape index (κ2) is 5.10. The van der Waals surface area contributed by atoms with Crippen molar-refractivity contribution in [3.05, 3.63) is 0 Å². The van der Waals surface area contributed by atoms with Gasteiger partial charge in [-0.15, -0.1) is 0 Å². The molecule has 0 bridgehead atoms. The third-order valence-electron chi connectivity index (χ3n) is 2.52. The fourth-order valence-corrected chi connectivity index (χ4v) is 1.66. The number of rotatable bonds is 4. The van der Waals surface area contributed by atoms with Crippen LogP contribution in [0.5, 0.6) is 0 Å². The lowest BCUT2D eigenvalue weighted by Crippen LogP contribution is -2.25. The SMILES string of the molecule is CCCCN1CC(=O)C(C(=O)OC)C1. The van der Waals surface area contributed by atoms with Crippen LogP contribution in [0, 0.1) is 5.92 Å². The normalized spacial score (nSPS) is 22.7. The van der Waals surface area contributed by atoms with Crippen molar-refractivity contribution in [1.82, 2.24) is 4.90 Å². The van der Waals surface area contributed by atoms with E-state index in [4.69, 9.17) is 0 Å². The van der Waals surface area contributed by atoms with Gasteiger partial charge in [-0.25, -0.2) is 0 Å². The van der Waals surface area contributed by atoms with E-state index in [0.29, 0.717) is 13.1 Å². The Hall–Kier alpha value is -0.900. The molecule has 1 saturated heterocycles. The van der Waals surface area contributed by atoms with Crippen molar-refractivity contribution in [2.24, 2.45) is 5.92 Å². The van der Waals surface area contributed by atoms with Crippen molar-refractivity contribution in [2.75, 3.05) is 26.7 Å². The zero-order valence-corrected chi connectivity index (χ0v) is 8.78. The number of nitrogens with zero attached hydrogens (tertiary/aromatic N) is 1. The van der Waals surface area contributed by atoms with Crippen LogP contribution < -0.4 is 0 Å². The average Bonchev–Trinajstić information content (AvgIpc) is 2.55. The lowest BCUT2D eigenvalue weighted by atomic mass is 10.1. The number of ketones is 1. The van der Waals surface area contributed by atoms with Crippen molar-refractivity contribution in [3.8, 4) is 0 Å². The number of unbranched alkanes of at least 4 members (excludes halogenated alkanes) is 1. The molecule has 0 N–H and O–H groups in total. The fourth-order valence-electron chi connectivity index (χ4n) is 1.66. The van der Waals surface area contributed by atoms with Crippen LogP contribution in [-0.2, 0) is 14.3 Å². The highest BCUT2D eigenvalue weighted by Gasteiger charge is 2.36. The van der Waals surface area contributed by atoms with Gasteiger partial charge in [-0.3, -0.25) is 14.5 Å². The van der Waals surface area contributed by atoms with Gasteiger partial charge < -0.3 is 4.74 Å². The van der Waals surface area contributed by atoms with Crippen molar-refractivity contribution >= 4 is 11.8 Å². The topological polar surface area (TPSA) is 46.6 Å². The summed E-state index contributed by atoms with van der Waals surface area (Å²) in [6.07, 6.45) is 2.18. The lowest BCUT2D eigenvalue weighted by molar-refractivity contribution is -0.147. The van der Waals surface area contributed by atoms with E-state index < -0.39 is 11.9 Å². The first-order chi connectivity index (χ1) is 6.69.